The molecule has 1 aromatic carbocycles. The second-order valence-electron chi connectivity index (χ2n) is 5.75. The lowest BCUT2D eigenvalue weighted by Crippen LogP contribution is -2.37. The van der Waals surface area contributed by atoms with E-state index in [-0.39, 0.29) is 5.91 Å². The monoisotopic (exact) mass is 283 g/mol. The molecule has 1 aliphatic rings. The summed E-state index contributed by atoms with van der Waals surface area (Å²) >= 11 is 0. The molecule has 1 aliphatic carbocycles. The molecule has 1 saturated carbocycles. The van der Waals surface area contributed by atoms with Crippen LogP contribution in [0.3, 0.4) is 0 Å². The minimum absolute atomic E-state index is 0.0122. The van der Waals surface area contributed by atoms with Gasteiger partial charge in [-0.3, -0.25) is 4.79 Å². The van der Waals surface area contributed by atoms with Crippen LogP contribution in [-0.2, 0) is 0 Å². The molecule has 1 fully saturated rings. The van der Waals surface area contributed by atoms with E-state index in [1.165, 1.54) is 19.3 Å². The Labute approximate surface area is 125 Å². The van der Waals surface area contributed by atoms with E-state index in [0.29, 0.717) is 23.8 Å². The summed E-state index contributed by atoms with van der Waals surface area (Å²) < 4.78 is 0. The average Bonchev–Trinajstić information content (AvgIpc) is 2.46. The average molecular weight is 283 g/mol. The van der Waals surface area contributed by atoms with Crippen molar-refractivity contribution in [2.45, 2.75) is 26.2 Å². The van der Waals surface area contributed by atoms with E-state index in [4.69, 9.17) is 5.73 Å². The number of anilines is 1. The van der Waals surface area contributed by atoms with Gasteiger partial charge in [0.05, 0.1) is 5.52 Å². The molecule has 2 aromatic rings. The first-order valence-electron chi connectivity index (χ1n) is 7.63. The first-order chi connectivity index (χ1) is 10.2. The Morgan fingerprint density at radius 1 is 1.38 bits per heavy atom. The number of aromatic nitrogens is 1. The molecule has 4 heteroatoms. The highest BCUT2D eigenvalue weighted by Crippen LogP contribution is 2.28. The van der Waals surface area contributed by atoms with Crippen molar-refractivity contribution in [1.82, 2.24) is 9.88 Å². The molecule has 21 heavy (non-hydrogen) atoms. The number of nitrogens with zero attached hydrogens (tertiary/aromatic N) is 2. The Morgan fingerprint density at radius 3 is 2.81 bits per heavy atom. The number of hydrogen-bond donors (Lipinski definition) is 1. The van der Waals surface area contributed by atoms with Crippen molar-refractivity contribution >= 4 is 22.5 Å². The van der Waals surface area contributed by atoms with Crippen molar-refractivity contribution in [3.8, 4) is 0 Å². The molecule has 0 radical (unpaired) electrons. The number of para-hydroxylation sites is 1. The topological polar surface area (TPSA) is 59.2 Å². The van der Waals surface area contributed by atoms with Gasteiger partial charge in [-0.2, -0.15) is 0 Å². The van der Waals surface area contributed by atoms with Crippen molar-refractivity contribution in [3.05, 3.63) is 36.0 Å². The number of nitrogens with two attached hydrogens (primary N) is 1. The number of carbonyl (C=O) groups excluding carboxylic acids is 1. The van der Waals surface area contributed by atoms with Gasteiger partial charge in [-0.1, -0.05) is 24.6 Å². The summed E-state index contributed by atoms with van der Waals surface area (Å²) in [5, 5.41) is 0.899. The van der Waals surface area contributed by atoms with E-state index >= 15 is 0 Å². The lowest BCUT2D eigenvalue weighted by atomic mass is 9.85. The molecular formula is C17H21N3O. The van der Waals surface area contributed by atoms with E-state index in [1.807, 2.05) is 36.1 Å². The Hall–Kier alpha value is -2.10. The van der Waals surface area contributed by atoms with Crippen molar-refractivity contribution in [2.24, 2.45) is 5.92 Å². The molecule has 1 aromatic heterocycles. The van der Waals surface area contributed by atoms with Gasteiger partial charge in [-0.25, -0.2) is 4.98 Å². The van der Waals surface area contributed by atoms with Crippen molar-refractivity contribution in [1.29, 1.82) is 0 Å². The normalized spacial score (nSPS) is 14.9. The molecule has 0 atom stereocenters. The molecule has 110 valence electrons. The molecule has 2 N–H and O–H groups in total. The number of amides is 1. The van der Waals surface area contributed by atoms with Crippen LogP contribution in [-0.4, -0.2) is 28.9 Å². The van der Waals surface area contributed by atoms with Crippen LogP contribution in [0.25, 0.3) is 10.9 Å². The van der Waals surface area contributed by atoms with Gasteiger partial charge in [-0.05, 0) is 37.8 Å². The maximum absolute atomic E-state index is 12.7. The van der Waals surface area contributed by atoms with Crippen LogP contribution in [0.2, 0.25) is 0 Å². The first-order valence-corrected chi connectivity index (χ1v) is 7.63. The van der Waals surface area contributed by atoms with Gasteiger partial charge < -0.3 is 10.6 Å². The maximum atomic E-state index is 12.7. The lowest BCUT2D eigenvalue weighted by Gasteiger charge is -2.31. The zero-order valence-corrected chi connectivity index (χ0v) is 12.4. The Bertz CT molecular complexity index is 664. The highest BCUT2D eigenvalue weighted by atomic mass is 16.2. The number of pyridine rings is 1. The van der Waals surface area contributed by atoms with Crippen LogP contribution in [0.15, 0.2) is 30.3 Å². The third kappa shape index (κ3) is 2.71. The Morgan fingerprint density at radius 2 is 2.14 bits per heavy atom. The molecule has 3 rings (SSSR count). The lowest BCUT2D eigenvalue weighted by molar-refractivity contribution is 0.0701. The minimum atomic E-state index is -0.0122. The smallest absolute Gasteiger partial charge is 0.272 e. The first kappa shape index (κ1) is 13.9. The van der Waals surface area contributed by atoms with E-state index in [2.05, 4.69) is 4.98 Å². The summed E-state index contributed by atoms with van der Waals surface area (Å²) in [6, 6.07) is 9.36. The van der Waals surface area contributed by atoms with Crippen LogP contribution in [0.5, 0.6) is 0 Å². The fourth-order valence-corrected chi connectivity index (χ4v) is 2.82. The SMILES string of the molecule is CCN(CC1CCC1)C(=O)c1cc(N)c2ccccc2n1. The number of nitrogen functional groups attached to an aromatic ring is 1. The van der Waals surface area contributed by atoms with Gasteiger partial charge in [0.1, 0.15) is 5.69 Å². The summed E-state index contributed by atoms with van der Waals surface area (Å²) in [6.45, 7) is 3.56. The van der Waals surface area contributed by atoms with E-state index in [0.717, 1.165) is 17.4 Å². The van der Waals surface area contributed by atoms with Gasteiger partial charge >= 0.3 is 0 Å². The highest BCUT2D eigenvalue weighted by molar-refractivity contribution is 5.99. The standard InChI is InChI=1S/C17H21N3O/c1-2-20(11-12-6-5-7-12)17(21)16-10-14(18)13-8-3-4-9-15(13)19-16/h3-4,8-10,12H,2,5-7,11H2,1H3,(H2,18,19). The van der Waals surface area contributed by atoms with Crippen molar-refractivity contribution in [2.75, 3.05) is 18.8 Å². The van der Waals surface area contributed by atoms with E-state index < -0.39 is 0 Å². The van der Waals surface area contributed by atoms with E-state index in [1.54, 1.807) is 6.07 Å². The van der Waals surface area contributed by atoms with Gasteiger partial charge in [0.15, 0.2) is 0 Å². The van der Waals surface area contributed by atoms with Gasteiger partial charge in [0, 0.05) is 24.2 Å². The molecule has 1 amide bonds. The molecular weight excluding hydrogens is 262 g/mol. The molecule has 0 spiro atoms. The van der Waals surface area contributed by atoms with Gasteiger partial charge in [0.25, 0.3) is 5.91 Å². The third-order valence-corrected chi connectivity index (χ3v) is 4.34. The predicted molar refractivity (Wildman–Crippen MR) is 85.1 cm³/mol. The van der Waals surface area contributed by atoms with Gasteiger partial charge in [0.2, 0.25) is 0 Å². The molecule has 1 heterocycles. The summed E-state index contributed by atoms with van der Waals surface area (Å²) in [4.78, 5) is 19.0. The summed E-state index contributed by atoms with van der Waals surface area (Å²) in [7, 11) is 0. The van der Waals surface area contributed by atoms with Crippen molar-refractivity contribution < 1.29 is 4.79 Å². The molecule has 0 aliphatic heterocycles. The zero-order valence-electron chi connectivity index (χ0n) is 12.4. The number of hydrogen-bond acceptors (Lipinski definition) is 3. The summed E-state index contributed by atoms with van der Waals surface area (Å²) in [5.74, 6) is 0.647. The molecule has 4 nitrogen and oxygen atoms in total. The highest BCUT2D eigenvalue weighted by Gasteiger charge is 2.24. The van der Waals surface area contributed by atoms with Gasteiger partial charge in [-0.15, -0.1) is 0 Å². The Kier molecular flexibility index (Phi) is 3.78. The number of rotatable bonds is 4. The van der Waals surface area contributed by atoms with Crippen LogP contribution < -0.4 is 5.73 Å². The second kappa shape index (κ2) is 5.72. The van der Waals surface area contributed by atoms with Crippen LogP contribution in [0.1, 0.15) is 36.7 Å². The molecule has 0 bridgehead atoms. The number of benzene rings is 1. The minimum Gasteiger partial charge on any atom is -0.398 e. The third-order valence-electron chi connectivity index (χ3n) is 4.34. The number of carbonyl (C=O) groups is 1. The Balaban J connectivity index is 1.88. The molecule has 0 saturated heterocycles. The maximum Gasteiger partial charge on any atom is 0.272 e. The number of fused-ring (bicyclic) bond motifs is 1. The largest absolute Gasteiger partial charge is 0.398 e. The summed E-state index contributed by atoms with van der Waals surface area (Å²) in [6.07, 6.45) is 3.76. The fourth-order valence-electron chi connectivity index (χ4n) is 2.82. The zero-order chi connectivity index (χ0) is 14.8. The predicted octanol–water partition coefficient (Wildman–Crippen LogP) is 3.08. The van der Waals surface area contributed by atoms with Crippen LogP contribution in [0, 0.1) is 5.92 Å². The van der Waals surface area contributed by atoms with E-state index in [9.17, 15) is 4.79 Å². The second-order valence-corrected chi connectivity index (χ2v) is 5.75. The van der Waals surface area contributed by atoms with Crippen molar-refractivity contribution in [3.63, 3.8) is 0 Å². The summed E-state index contributed by atoms with van der Waals surface area (Å²) in [5.41, 5.74) is 7.91. The van der Waals surface area contributed by atoms with Crippen LogP contribution >= 0.6 is 0 Å². The molecule has 0 unspecified atom stereocenters. The quantitative estimate of drug-likeness (QED) is 0.938. The fraction of sp³-hybridized carbons (Fsp3) is 0.412. The van der Waals surface area contributed by atoms with Crippen LogP contribution in [0.4, 0.5) is 5.69 Å².